The molecule has 0 saturated carbocycles. The molecular weight excluding hydrogens is 505 g/mol. The van der Waals surface area contributed by atoms with Crippen molar-refractivity contribution in [2.45, 2.75) is 32.7 Å². The summed E-state index contributed by atoms with van der Waals surface area (Å²) in [6.07, 6.45) is 0. The number of benzene rings is 2. The molecule has 0 unspecified atom stereocenters. The van der Waals surface area contributed by atoms with E-state index in [0.717, 1.165) is 14.9 Å². The third-order valence-electron chi connectivity index (χ3n) is 5.44. The molecule has 0 spiro atoms. The van der Waals surface area contributed by atoms with Crippen molar-refractivity contribution >= 4 is 40.7 Å². The first-order chi connectivity index (χ1) is 16.9. The summed E-state index contributed by atoms with van der Waals surface area (Å²) < 4.78 is 3.83. The number of nitrogens with zero attached hydrogens (tertiary/aromatic N) is 4. The number of urea groups is 1. The first-order valence-electron chi connectivity index (χ1n) is 11.0. The van der Waals surface area contributed by atoms with Gasteiger partial charge in [-0.2, -0.15) is 5.10 Å². The SMILES string of the molecule is Cn1[nH]c(=O)n(Cc2cccc(-n3nc(C(C)(C)C)cc3NC(=O)Nc3cccc(Cl)c3Cl)c2)c1=O. The van der Waals surface area contributed by atoms with Gasteiger partial charge in [0.1, 0.15) is 5.82 Å². The highest BCUT2D eigenvalue weighted by atomic mass is 35.5. The fourth-order valence-electron chi connectivity index (χ4n) is 3.53. The molecule has 2 amide bonds. The number of hydrogen-bond acceptors (Lipinski definition) is 4. The Labute approximate surface area is 216 Å². The second-order valence-corrected chi connectivity index (χ2v) is 10.1. The third-order valence-corrected chi connectivity index (χ3v) is 6.26. The van der Waals surface area contributed by atoms with Crippen LogP contribution >= 0.6 is 23.2 Å². The fraction of sp³-hybridized carbons (Fsp3) is 0.250. The number of halogens is 2. The molecule has 4 aromatic rings. The highest BCUT2D eigenvalue weighted by molar-refractivity contribution is 6.44. The number of nitrogens with one attached hydrogen (secondary N) is 3. The average Bonchev–Trinajstić information content (AvgIpc) is 3.33. The highest BCUT2D eigenvalue weighted by Crippen LogP contribution is 2.30. The van der Waals surface area contributed by atoms with Gasteiger partial charge in [-0.15, -0.1) is 0 Å². The van der Waals surface area contributed by atoms with Crippen molar-refractivity contribution in [1.82, 2.24) is 24.1 Å². The molecule has 0 bridgehead atoms. The summed E-state index contributed by atoms with van der Waals surface area (Å²) in [4.78, 5) is 37.2. The van der Waals surface area contributed by atoms with Gasteiger partial charge in [-0.1, -0.05) is 62.2 Å². The number of H-pyrrole nitrogens is 1. The molecule has 4 rings (SSSR count). The lowest BCUT2D eigenvalue weighted by molar-refractivity contribution is 0.262. The van der Waals surface area contributed by atoms with Crippen molar-refractivity contribution < 1.29 is 4.79 Å². The lowest BCUT2D eigenvalue weighted by Gasteiger charge is -2.14. The Morgan fingerprint density at radius 2 is 1.78 bits per heavy atom. The third kappa shape index (κ3) is 5.24. The van der Waals surface area contributed by atoms with Gasteiger partial charge in [-0.25, -0.2) is 33.4 Å². The minimum absolute atomic E-state index is 0.0761. The zero-order valence-corrected chi connectivity index (χ0v) is 21.6. The molecule has 2 aromatic carbocycles. The molecular formula is C24H25Cl2N7O3. The quantitative estimate of drug-likeness (QED) is 0.355. The topological polar surface area (TPSA) is 119 Å². The lowest BCUT2D eigenvalue weighted by atomic mass is 9.92. The summed E-state index contributed by atoms with van der Waals surface area (Å²) in [6, 6.07) is 13.4. The second kappa shape index (κ2) is 9.71. The maximum Gasteiger partial charge on any atom is 0.346 e. The van der Waals surface area contributed by atoms with Gasteiger partial charge in [-0.3, -0.25) is 5.32 Å². The molecule has 0 radical (unpaired) electrons. The van der Waals surface area contributed by atoms with E-state index in [0.29, 0.717) is 27.8 Å². The van der Waals surface area contributed by atoms with Crippen LogP contribution < -0.4 is 22.0 Å². The Kier molecular flexibility index (Phi) is 6.83. The summed E-state index contributed by atoms with van der Waals surface area (Å²) >= 11 is 12.2. The Morgan fingerprint density at radius 1 is 1.06 bits per heavy atom. The molecule has 188 valence electrons. The number of hydrogen-bond donors (Lipinski definition) is 3. The predicted molar refractivity (Wildman–Crippen MR) is 141 cm³/mol. The summed E-state index contributed by atoms with van der Waals surface area (Å²) in [5.74, 6) is 0.419. The number of carbonyl (C=O) groups is 1. The van der Waals surface area contributed by atoms with E-state index in [4.69, 9.17) is 28.3 Å². The van der Waals surface area contributed by atoms with Gasteiger partial charge in [0.25, 0.3) is 0 Å². The van der Waals surface area contributed by atoms with Gasteiger partial charge in [0.2, 0.25) is 0 Å². The van der Waals surface area contributed by atoms with Crippen LogP contribution in [0.15, 0.2) is 58.1 Å². The van der Waals surface area contributed by atoms with E-state index in [-0.39, 0.29) is 17.0 Å². The average molecular weight is 530 g/mol. The molecule has 2 aromatic heterocycles. The number of aryl methyl sites for hydroxylation is 1. The monoisotopic (exact) mass is 529 g/mol. The molecule has 36 heavy (non-hydrogen) atoms. The van der Waals surface area contributed by atoms with E-state index in [1.165, 1.54) is 7.05 Å². The molecule has 0 aliphatic rings. The minimum Gasteiger partial charge on any atom is -0.306 e. The molecule has 0 atom stereocenters. The summed E-state index contributed by atoms with van der Waals surface area (Å²) in [5.41, 5.74) is 1.22. The number of aromatic amines is 1. The lowest BCUT2D eigenvalue weighted by Crippen LogP contribution is -2.28. The van der Waals surface area contributed by atoms with Gasteiger partial charge in [0.15, 0.2) is 0 Å². The maximum absolute atomic E-state index is 12.8. The molecule has 12 heteroatoms. The second-order valence-electron chi connectivity index (χ2n) is 9.27. The van der Waals surface area contributed by atoms with Crippen molar-refractivity contribution in [2.24, 2.45) is 7.05 Å². The van der Waals surface area contributed by atoms with Crippen molar-refractivity contribution in [3.63, 3.8) is 0 Å². The number of rotatable bonds is 5. The van der Waals surface area contributed by atoms with Crippen molar-refractivity contribution in [2.75, 3.05) is 10.6 Å². The molecule has 0 aliphatic heterocycles. The van der Waals surface area contributed by atoms with E-state index in [1.807, 2.05) is 26.8 Å². The first kappa shape index (κ1) is 25.3. The maximum atomic E-state index is 12.8. The van der Waals surface area contributed by atoms with Crippen LogP contribution in [0.4, 0.5) is 16.3 Å². The van der Waals surface area contributed by atoms with E-state index >= 15 is 0 Å². The Balaban J connectivity index is 1.67. The largest absolute Gasteiger partial charge is 0.346 e. The van der Waals surface area contributed by atoms with Crippen LogP contribution in [0.5, 0.6) is 0 Å². The standard InChI is InChI=1S/C24H25Cl2N7O3/c1-24(2,3)18-12-19(28-21(34)27-17-10-6-9-16(25)20(17)26)33(29-18)15-8-5-7-14(11-15)13-32-22(35)30-31(4)23(32)36/h5-12H,13H2,1-4H3,(H,30,35)(H2,27,28,34). The zero-order chi connectivity index (χ0) is 26.2. The van der Waals surface area contributed by atoms with Gasteiger partial charge in [0.05, 0.1) is 33.7 Å². The molecule has 2 heterocycles. The van der Waals surface area contributed by atoms with Gasteiger partial charge in [-0.05, 0) is 29.8 Å². The minimum atomic E-state index is -0.528. The zero-order valence-electron chi connectivity index (χ0n) is 20.1. The first-order valence-corrected chi connectivity index (χ1v) is 11.8. The number of anilines is 2. The van der Waals surface area contributed by atoms with Crippen molar-refractivity contribution in [1.29, 1.82) is 0 Å². The van der Waals surface area contributed by atoms with Crippen LogP contribution in [-0.4, -0.2) is 30.2 Å². The van der Waals surface area contributed by atoms with Crippen LogP contribution in [-0.2, 0) is 19.0 Å². The van der Waals surface area contributed by atoms with Crippen LogP contribution in [0.1, 0.15) is 32.0 Å². The Morgan fingerprint density at radius 3 is 2.44 bits per heavy atom. The molecule has 0 saturated heterocycles. The highest BCUT2D eigenvalue weighted by Gasteiger charge is 2.22. The fourth-order valence-corrected chi connectivity index (χ4v) is 3.88. The number of carbonyl (C=O) groups excluding carboxylic acids is 1. The summed E-state index contributed by atoms with van der Waals surface area (Å²) in [7, 11) is 1.48. The number of aromatic nitrogens is 5. The summed E-state index contributed by atoms with van der Waals surface area (Å²) in [5, 5.41) is 13.2. The van der Waals surface area contributed by atoms with Crippen LogP contribution in [0, 0.1) is 0 Å². The van der Waals surface area contributed by atoms with Gasteiger partial charge < -0.3 is 5.32 Å². The number of amides is 2. The smallest absolute Gasteiger partial charge is 0.306 e. The van der Waals surface area contributed by atoms with Crippen LogP contribution in [0.3, 0.4) is 0 Å². The predicted octanol–water partition coefficient (Wildman–Crippen LogP) is 4.36. The Hall–Kier alpha value is -3.76. The summed E-state index contributed by atoms with van der Waals surface area (Å²) in [6.45, 7) is 6.12. The van der Waals surface area contributed by atoms with Crippen LogP contribution in [0.25, 0.3) is 5.69 Å². The van der Waals surface area contributed by atoms with Gasteiger partial charge >= 0.3 is 17.4 Å². The van der Waals surface area contributed by atoms with Crippen molar-refractivity contribution in [3.05, 3.63) is 90.8 Å². The normalized spacial score (nSPS) is 11.5. The van der Waals surface area contributed by atoms with E-state index in [2.05, 4.69) is 15.7 Å². The molecule has 0 fully saturated rings. The van der Waals surface area contributed by atoms with Crippen molar-refractivity contribution in [3.8, 4) is 5.69 Å². The molecule has 10 nitrogen and oxygen atoms in total. The van der Waals surface area contributed by atoms with E-state index < -0.39 is 17.4 Å². The molecule has 3 N–H and O–H groups in total. The van der Waals surface area contributed by atoms with Gasteiger partial charge in [0, 0.05) is 18.5 Å². The Bertz CT molecular complexity index is 1560. The van der Waals surface area contributed by atoms with E-state index in [9.17, 15) is 14.4 Å². The van der Waals surface area contributed by atoms with E-state index in [1.54, 1.807) is 47.1 Å². The van der Waals surface area contributed by atoms with Crippen LogP contribution in [0.2, 0.25) is 10.0 Å². The molecule has 0 aliphatic carbocycles.